The Kier molecular flexibility index (Phi) is 11.1. The van der Waals surface area contributed by atoms with Crippen LogP contribution in [0, 0.1) is 0 Å². The fourth-order valence-electron chi connectivity index (χ4n) is 3.51. The van der Waals surface area contributed by atoms with Crippen LogP contribution in [-0.2, 0) is 4.74 Å². The van der Waals surface area contributed by atoms with Crippen molar-refractivity contribution < 1.29 is 9.47 Å². The zero-order valence-electron chi connectivity index (χ0n) is 18.0. The molecule has 6 nitrogen and oxygen atoms in total. The van der Waals surface area contributed by atoms with E-state index in [4.69, 9.17) is 9.47 Å². The molecule has 1 aliphatic rings. The third kappa shape index (κ3) is 7.08. The maximum absolute atomic E-state index is 5.55. The summed E-state index contributed by atoms with van der Waals surface area (Å²) in [7, 11) is 7.83. The van der Waals surface area contributed by atoms with Crippen LogP contribution in [0.25, 0.3) is 0 Å². The lowest BCUT2D eigenvalue weighted by molar-refractivity contribution is -0.00501. The van der Waals surface area contributed by atoms with Crippen molar-refractivity contribution >= 4 is 29.9 Å². The Labute approximate surface area is 187 Å². The number of nitrogens with one attached hydrogen (secondary N) is 2. The normalized spacial score (nSPS) is 17.6. The van der Waals surface area contributed by atoms with E-state index in [1.807, 2.05) is 19.2 Å². The van der Waals surface area contributed by atoms with E-state index in [0.717, 1.165) is 57.3 Å². The second-order valence-electron chi connectivity index (χ2n) is 7.55. The predicted octanol–water partition coefficient (Wildman–Crippen LogP) is 3.08. The number of rotatable bonds is 8. The summed E-state index contributed by atoms with van der Waals surface area (Å²) in [4.78, 5) is 6.70. The molecule has 0 saturated carbocycles. The van der Waals surface area contributed by atoms with Crippen LogP contribution in [0.15, 0.2) is 29.3 Å². The first-order chi connectivity index (χ1) is 13.0. The molecule has 2 rings (SSSR count). The molecule has 1 heterocycles. The maximum atomic E-state index is 5.55. The summed E-state index contributed by atoms with van der Waals surface area (Å²) >= 11 is 0. The Bertz CT molecular complexity index is 587. The second kappa shape index (κ2) is 12.5. The smallest absolute Gasteiger partial charge is 0.191 e. The molecule has 0 radical (unpaired) electrons. The Morgan fingerprint density at radius 2 is 1.86 bits per heavy atom. The van der Waals surface area contributed by atoms with Gasteiger partial charge in [0.2, 0.25) is 0 Å². The van der Waals surface area contributed by atoms with Crippen LogP contribution in [0.1, 0.15) is 37.7 Å². The number of likely N-dealkylation sites (N-methyl/N-ethyl adjacent to an activating group) is 1. The average Bonchev–Trinajstić information content (AvgIpc) is 2.71. The first-order valence-corrected chi connectivity index (χ1v) is 9.84. The van der Waals surface area contributed by atoms with Crippen molar-refractivity contribution in [3.8, 4) is 5.75 Å². The van der Waals surface area contributed by atoms with Crippen molar-refractivity contribution in [2.45, 2.75) is 37.6 Å². The van der Waals surface area contributed by atoms with E-state index < -0.39 is 0 Å². The molecule has 0 aromatic heterocycles. The molecule has 1 aromatic carbocycles. The standard InChI is InChI=1S/C21H36N4O2.HI/c1-17(18-6-8-19(26-5)9-7-18)10-13-23-20(22-2)24-16-21(25(3)4)11-14-27-15-12-21;/h6-9,17H,10-16H2,1-5H3,(H2,22,23,24);1H. The SMILES string of the molecule is CN=C(NCCC(C)c1ccc(OC)cc1)NCC1(N(C)C)CCOCC1.I. The van der Waals surface area contributed by atoms with Crippen LogP contribution >= 0.6 is 24.0 Å². The number of halogens is 1. The number of aliphatic imine (C=N–C) groups is 1. The number of guanidine groups is 1. The van der Waals surface area contributed by atoms with Gasteiger partial charge in [0.25, 0.3) is 0 Å². The predicted molar refractivity (Wildman–Crippen MR) is 127 cm³/mol. The fourth-order valence-corrected chi connectivity index (χ4v) is 3.51. The number of methoxy groups -OCH3 is 1. The van der Waals surface area contributed by atoms with Crippen molar-refractivity contribution in [3.63, 3.8) is 0 Å². The minimum Gasteiger partial charge on any atom is -0.497 e. The third-order valence-electron chi connectivity index (χ3n) is 5.74. The van der Waals surface area contributed by atoms with Crippen LogP contribution in [0.3, 0.4) is 0 Å². The van der Waals surface area contributed by atoms with Gasteiger partial charge in [0.15, 0.2) is 5.96 Å². The van der Waals surface area contributed by atoms with Crippen LogP contribution in [0.4, 0.5) is 0 Å². The van der Waals surface area contributed by atoms with Crippen molar-refractivity contribution in [2.24, 2.45) is 4.99 Å². The van der Waals surface area contributed by atoms with E-state index in [2.05, 4.69) is 53.7 Å². The van der Waals surface area contributed by atoms with Crippen molar-refractivity contribution in [1.29, 1.82) is 0 Å². The minimum atomic E-state index is 0. The molecule has 1 atom stereocenters. The minimum absolute atomic E-state index is 0. The molecule has 2 N–H and O–H groups in total. The first-order valence-electron chi connectivity index (χ1n) is 9.84. The third-order valence-corrected chi connectivity index (χ3v) is 5.74. The summed E-state index contributed by atoms with van der Waals surface area (Å²) < 4.78 is 10.8. The summed E-state index contributed by atoms with van der Waals surface area (Å²) in [6, 6.07) is 8.33. The van der Waals surface area contributed by atoms with Gasteiger partial charge in [-0.05, 0) is 57.0 Å². The monoisotopic (exact) mass is 504 g/mol. The van der Waals surface area contributed by atoms with Gasteiger partial charge in [0, 0.05) is 38.9 Å². The van der Waals surface area contributed by atoms with E-state index >= 15 is 0 Å². The summed E-state index contributed by atoms with van der Waals surface area (Å²) in [5.74, 6) is 2.24. The van der Waals surface area contributed by atoms with E-state index in [9.17, 15) is 0 Å². The summed E-state index contributed by atoms with van der Waals surface area (Å²) in [6.07, 6.45) is 3.12. The molecule has 7 heteroatoms. The van der Waals surface area contributed by atoms with Crippen LogP contribution in [0.2, 0.25) is 0 Å². The molecule has 0 bridgehead atoms. The molecule has 1 fully saturated rings. The molecular formula is C21H37IN4O2. The molecule has 160 valence electrons. The quantitative estimate of drug-likeness (QED) is 0.324. The Morgan fingerprint density at radius 1 is 1.21 bits per heavy atom. The van der Waals surface area contributed by atoms with Gasteiger partial charge >= 0.3 is 0 Å². The van der Waals surface area contributed by atoms with Crippen molar-refractivity contribution in [1.82, 2.24) is 15.5 Å². The summed E-state index contributed by atoms with van der Waals surface area (Å²) in [5.41, 5.74) is 1.46. The van der Waals surface area contributed by atoms with E-state index in [-0.39, 0.29) is 29.5 Å². The lowest BCUT2D eigenvalue weighted by Crippen LogP contribution is -2.57. The topological polar surface area (TPSA) is 58.1 Å². The molecule has 0 aliphatic carbocycles. The largest absolute Gasteiger partial charge is 0.497 e. The van der Waals surface area contributed by atoms with Gasteiger partial charge in [-0.15, -0.1) is 24.0 Å². The lowest BCUT2D eigenvalue weighted by Gasteiger charge is -2.43. The van der Waals surface area contributed by atoms with Crippen LogP contribution in [-0.4, -0.2) is 71.0 Å². The Morgan fingerprint density at radius 3 is 2.39 bits per heavy atom. The molecule has 28 heavy (non-hydrogen) atoms. The van der Waals surface area contributed by atoms with Gasteiger partial charge in [0.1, 0.15) is 5.75 Å². The van der Waals surface area contributed by atoms with Gasteiger partial charge in [-0.1, -0.05) is 19.1 Å². The van der Waals surface area contributed by atoms with Gasteiger partial charge in [-0.3, -0.25) is 4.99 Å². The van der Waals surface area contributed by atoms with Crippen molar-refractivity contribution in [3.05, 3.63) is 29.8 Å². The number of benzene rings is 1. The maximum Gasteiger partial charge on any atom is 0.191 e. The van der Waals surface area contributed by atoms with E-state index in [0.29, 0.717) is 5.92 Å². The lowest BCUT2D eigenvalue weighted by atomic mass is 9.88. The Hall–Kier alpha value is -1.06. The van der Waals surface area contributed by atoms with Gasteiger partial charge in [-0.25, -0.2) is 0 Å². The molecule has 1 unspecified atom stereocenters. The van der Waals surface area contributed by atoms with Gasteiger partial charge in [0.05, 0.1) is 7.11 Å². The van der Waals surface area contributed by atoms with E-state index in [1.54, 1.807) is 7.11 Å². The molecule has 0 spiro atoms. The highest BCUT2D eigenvalue weighted by Gasteiger charge is 2.34. The molecule has 1 aliphatic heterocycles. The molecule has 1 aromatic rings. The highest BCUT2D eigenvalue weighted by molar-refractivity contribution is 14.0. The highest BCUT2D eigenvalue weighted by Crippen LogP contribution is 2.25. The number of hydrogen-bond donors (Lipinski definition) is 2. The summed E-state index contributed by atoms with van der Waals surface area (Å²) in [5, 5.41) is 6.97. The van der Waals surface area contributed by atoms with E-state index in [1.165, 1.54) is 5.56 Å². The second-order valence-corrected chi connectivity index (χ2v) is 7.55. The average molecular weight is 504 g/mol. The molecule has 1 saturated heterocycles. The zero-order chi connectivity index (χ0) is 19.7. The van der Waals surface area contributed by atoms with Gasteiger partial charge < -0.3 is 25.0 Å². The zero-order valence-corrected chi connectivity index (χ0v) is 20.3. The highest BCUT2D eigenvalue weighted by atomic mass is 127. The molecule has 0 amide bonds. The molecular weight excluding hydrogens is 467 g/mol. The first kappa shape index (κ1) is 25.0. The fraction of sp³-hybridized carbons (Fsp3) is 0.667. The van der Waals surface area contributed by atoms with Crippen molar-refractivity contribution in [2.75, 3.05) is 54.6 Å². The van der Waals surface area contributed by atoms with Gasteiger partial charge in [-0.2, -0.15) is 0 Å². The number of ether oxygens (including phenoxy) is 2. The summed E-state index contributed by atoms with van der Waals surface area (Å²) in [6.45, 7) is 5.65. The number of nitrogens with zero attached hydrogens (tertiary/aromatic N) is 2. The number of hydrogen-bond acceptors (Lipinski definition) is 4. The van der Waals surface area contributed by atoms with Crippen LogP contribution < -0.4 is 15.4 Å². The Balaban J connectivity index is 0.00000392. The van der Waals surface area contributed by atoms with Crippen LogP contribution in [0.5, 0.6) is 5.75 Å².